The molecule has 0 heterocycles. The lowest BCUT2D eigenvalue weighted by Gasteiger charge is -2.17. The summed E-state index contributed by atoms with van der Waals surface area (Å²) in [6.07, 6.45) is 1.19. The molecule has 0 aromatic carbocycles. The molecule has 1 rings (SSSR count). The lowest BCUT2D eigenvalue weighted by Crippen LogP contribution is -2.24. The number of carbonyl (C=O) groups is 3. The number of carboxylic acids is 1. The lowest BCUT2D eigenvalue weighted by atomic mass is 9.91. The van der Waals surface area contributed by atoms with Crippen molar-refractivity contribution in [3.63, 3.8) is 0 Å². The van der Waals surface area contributed by atoms with E-state index in [0.29, 0.717) is 12.8 Å². The first-order chi connectivity index (χ1) is 9.86. The molecule has 1 unspecified atom stereocenters. The number of hydrogen-bond acceptors (Lipinski definition) is 6. The number of Topliss-reactive ketones (excluding diaryl/α,β-unsaturated/α-hetero) is 1. The highest BCUT2D eigenvalue weighted by Crippen LogP contribution is 2.23. The van der Waals surface area contributed by atoms with Crippen molar-refractivity contribution in [2.75, 3.05) is 7.11 Å². The third kappa shape index (κ3) is 4.70. The zero-order chi connectivity index (χ0) is 16.0. The van der Waals surface area contributed by atoms with Gasteiger partial charge in [-0.05, 0) is 13.3 Å². The zero-order valence-electron chi connectivity index (χ0n) is 12.1. The fraction of sp³-hybridized carbons (Fsp3) is 0.571. The van der Waals surface area contributed by atoms with Gasteiger partial charge in [0.25, 0.3) is 0 Å². The first-order valence-electron chi connectivity index (χ1n) is 6.68. The fourth-order valence-electron chi connectivity index (χ4n) is 2.02. The topological polar surface area (TPSA) is 113 Å². The smallest absolute Gasteiger partial charge is 0.328 e. The van der Waals surface area contributed by atoms with Gasteiger partial charge in [0.2, 0.25) is 0 Å². The summed E-state index contributed by atoms with van der Waals surface area (Å²) in [7, 11) is 1.24. The Bertz CT molecular complexity index is 506. The second kappa shape index (κ2) is 7.56. The van der Waals surface area contributed by atoms with Crippen molar-refractivity contribution in [2.24, 2.45) is 4.99 Å². The number of carboxylic acid groups (broad SMARTS) is 1. The van der Waals surface area contributed by atoms with Gasteiger partial charge in [-0.1, -0.05) is 0 Å². The second-order valence-corrected chi connectivity index (χ2v) is 4.76. The molecular formula is C14H19NO6. The SMILES string of the molecule is COC(=O)CCC(=NC(C)C(=O)O)C1=C(O)CCCC1=O. The van der Waals surface area contributed by atoms with Crippen LogP contribution in [0, 0.1) is 0 Å². The van der Waals surface area contributed by atoms with E-state index < -0.39 is 18.0 Å². The van der Waals surface area contributed by atoms with E-state index in [1.54, 1.807) is 0 Å². The number of ether oxygens (including phenoxy) is 1. The number of allylic oxidation sites excluding steroid dienone is 2. The van der Waals surface area contributed by atoms with Gasteiger partial charge < -0.3 is 14.9 Å². The predicted octanol–water partition coefficient (Wildman–Crippen LogP) is 1.42. The molecule has 0 radical (unpaired) electrons. The number of carbonyl (C=O) groups excluding carboxylic acids is 2. The molecule has 0 aromatic rings. The van der Waals surface area contributed by atoms with Crippen molar-refractivity contribution >= 4 is 23.4 Å². The Morgan fingerprint density at radius 1 is 1.33 bits per heavy atom. The highest BCUT2D eigenvalue weighted by molar-refractivity contribution is 6.23. The molecule has 0 aliphatic heterocycles. The number of ketones is 1. The van der Waals surface area contributed by atoms with Crippen molar-refractivity contribution in [3.05, 3.63) is 11.3 Å². The van der Waals surface area contributed by atoms with E-state index >= 15 is 0 Å². The van der Waals surface area contributed by atoms with E-state index in [9.17, 15) is 19.5 Å². The van der Waals surface area contributed by atoms with Crippen LogP contribution in [0.15, 0.2) is 16.3 Å². The molecular weight excluding hydrogens is 278 g/mol. The number of aliphatic imine (C=N–C) groups is 1. The quantitative estimate of drug-likeness (QED) is 0.566. The van der Waals surface area contributed by atoms with Crippen LogP contribution in [0.5, 0.6) is 0 Å². The largest absolute Gasteiger partial charge is 0.511 e. The average molecular weight is 297 g/mol. The average Bonchev–Trinajstić information content (AvgIpc) is 2.43. The van der Waals surface area contributed by atoms with Crippen LogP contribution in [0.2, 0.25) is 0 Å². The van der Waals surface area contributed by atoms with Crippen LogP contribution < -0.4 is 0 Å². The normalized spacial score (nSPS) is 17.6. The number of aliphatic hydroxyl groups excluding tert-OH is 1. The van der Waals surface area contributed by atoms with Gasteiger partial charge in [-0.2, -0.15) is 0 Å². The molecule has 21 heavy (non-hydrogen) atoms. The van der Waals surface area contributed by atoms with Crippen LogP contribution in [0.25, 0.3) is 0 Å². The summed E-state index contributed by atoms with van der Waals surface area (Å²) in [4.78, 5) is 38.1. The molecule has 0 amide bonds. The number of aliphatic carboxylic acids is 1. The molecule has 0 fully saturated rings. The lowest BCUT2D eigenvalue weighted by molar-refractivity contribution is -0.140. The zero-order valence-corrected chi connectivity index (χ0v) is 12.1. The minimum absolute atomic E-state index is 0.0360. The number of aliphatic hydroxyl groups is 1. The molecule has 0 aromatic heterocycles. The molecule has 0 saturated carbocycles. The predicted molar refractivity (Wildman–Crippen MR) is 74.3 cm³/mol. The van der Waals surface area contributed by atoms with Crippen molar-refractivity contribution in [1.82, 2.24) is 0 Å². The number of nitrogens with zero attached hydrogens (tertiary/aromatic N) is 1. The molecule has 0 spiro atoms. The van der Waals surface area contributed by atoms with Gasteiger partial charge in [0, 0.05) is 19.3 Å². The maximum atomic E-state index is 11.9. The monoisotopic (exact) mass is 297 g/mol. The summed E-state index contributed by atoms with van der Waals surface area (Å²) in [5.74, 6) is -2.00. The molecule has 1 atom stereocenters. The van der Waals surface area contributed by atoms with Gasteiger partial charge in [0.15, 0.2) is 5.78 Å². The molecule has 1 aliphatic carbocycles. The van der Waals surface area contributed by atoms with Crippen molar-refractivity contribution in [2.45, 2.75) is 45.1 Å². The summed E-state index contributed by atoms with van der Waals surface area (Å²) in [5.41, 5.74) is 0.204. The van der Waals surface area contributed by atoms with Crippen LogP contribution in [0.4, 0.5) is 0 Å². The van der Waals surface area contributed by atoms with Gasteiger partial charge >= 0.3 is 11.9 Å². The Morgan fingerprint density at radius 2 is 2.00 bits per heavy atom. The van der Waals surface area contributed by atoms with E-state index in [0.717, 1.165) is 0 Å². The van der Waals surface area contributed by atoms with E-state index in [1.807, 2.05) is 0 Å². The summed E-state index contributed by atoms with van der Waals surface area (Å²) in [5, 5.41) is 18.8. The van der Waals surface area contributed by atoms with Gasteiger partial charge in [0.05, 0.1) is 24.8 Å². The van der Waals surface area contributed by atoms with E-state index in [-0.39, 0.29) is 42.1 Å². The molecule has 0 bridgehead atoms. The summed E-state index contributed by atoms with van der Waals surface area (Å²) < 4.78 is 4.52. The molecule has 2 N–H and O–H groups in total. The van der Waals surface area contributed by atoms with Crippen LogP contribution in [-0.2, 0) is 19.1 Å². The third-order valence-corrected chi connectivity index (χ3v) is 3.17. The highest BCUT2D eigenvalue weighted by Gasteiger charge is 2.26. The first-order valence-corrected chi connectivity index (χ1v) is 6.68. The van der Waals surface area contributed by atoms with Gasteiger partial charge in [-0.3, -0.25) is 14.6 Å². The van der Waals surface area contributed by atoms with E-state index in [4.69, 9.17) is 5.11 Å². The van der Waals surface area contributed by atoms with Crippen LogP contribution in [-0.4, -0.2) is 46.8 Å². The number of hydrogen-bond donors (Lipinski definition) is 2. The minimum atomic E-state index is -1.14. The van der Waals surface area contributed by atoms with Gasteiger partial charge in [-0.25, -0.2) is 4.79 Å². The second-order valence-electron chi connectivity index (χ2n) is 4.76. The highest BCUT2D eigenvalue weighted by atomic mass is 16.5. The maximum absolute atomic E-state index is 11.9. The van der Waals surface area contributed by atoms with Gasteiger partial charge in [-0.15, -0.1) is 0 Å². The number of rotatable bonds is 6. The third-order valence-electron chi connectivity index (χ3n) is 3.17. The number of methoxy groups -OCH3 is 1. The summed E-state index contributed by atoms with van der Waals surface area (Å²) >= 11 is 0. The van der Waals surface area contributed by atoms with Crippen molar-refractivity contribution < 1.29 is 29.3 Å². The van der Waals surface area contributed by atoms with E-state index in [1.165, 1.54) is 14.0 Å². The Morgan fingerprint density at radius 3 is 2.52 bits per heavy atom. The molecule has 7 nitrogen and oxygen atoms in total. The summed E-state index contributed by atoms with van der Waals surface area (Å²) in [6, 6.07) is -1.06. The molecule has 0 saturated heterocycles. The Labute approximate surface area is 122 Å². The van der Waals surface area contributed by atoms with E-state index in [2.05, 4.69) is 9.73 Å². The van der Waals surface area contributed by atoms with Crippen LogP contribution >= 0.6 is 0 Å². The van der Waals surface area contributed by atoms with Gasteiger partial charge in [0.1, 0.15) is 11.8 Å². The van der Waals surface area contributed by atoms with Crippen LogP contribution in [0.3, 0.4) is 0 Å². The Kier molecular flexibility index (Phi) is 6.08. The maximum Gasteiger partial charge on any atom is 0.328 e. The number of esters is 1. The Hall–Kier alpha value is -2.18. The summed E-state index contributed by atoms with van der Waals surface area (Å²) in [6.45, 7) is 1.37. The molecule has 7 heteroatoms. The minimum Gasteiger partial charge on any atom is -0.511 e. The van der Waals surface area contributed by atoms with Crippen molar-refractivity contribution in [3.8, 4) is 0 Å². The first kappa shape index (κ1) is 16.9. The van der Waals surface area contributed by atoms with Crippen molar-refractivity contribution in [1.29, 1.82) is 0 Å². The standard InChI is InChI=1S/C14H19NO6/c1-8(14(19)20)15-9(6-7-12(18)21-2)13-10(16)4-3-5-11(13)17/h8,16H,3-7H2,1-2H3,(H,19,20). The fourth-order valence-corrected chi connectivity index (χ4v) is 2.02. The molecule has 1 aliphatic rings. The van der Waals surface area contributed by atoms with Crippen LogP contribution in [0.1, 0.15) is 39.0 Å². The molecule has 116 valence electrons. The Balaban J connectivity index is 3.09.